The molecule has 2 atom stereocenters. The van der Waals surface area contributed by atoms with Gasteiger partial charge in [0, 0.05) is 31.0 Å². The molecule has 0 aromatic carbocycles. The van der Waals surface area contributed by atoms with Crippen molar-refractivity contribution in [2.24, 2.45) is 5.92 Å². The number of nitrogens with one attached hydrogen (secondary N) is 1. The predicted molar refractivity (Wildman–Crippen MR) is 50.1 cm³/mol. The molecule has 1 saturated heterocycles. The minimum absolute atomic E-state index is 0.869. The van der Waals surface area contributed by atoms with Gasteiger partial charge in [-0.2, -0.15) is 0 Å². The topological polar surface area (TPSA) is 31.9 Å². The van der Waals surface area contributed by atoms with E-state index in [2.05, 4.69) is 14.9 Å². The van der Waals surface area contributed by atoms with Crippen LogP contribution in [0.25, 0.3) is 0 Å². The largest absolute Gasteiger partial charge is 0.347 e. The number of hydrogen-bond donors (Lipinski definition) is 1. The molecule has 0 spiro atoms. The third kappa shape index (κ3) is 1.27. The van der Waals surface area contributed by atoms with Crippen LogP contribution in [0.1, 0.15) is 25.0 Å². The second-order valence-corrected chi connectivity index (χ2v) is 4.34. The Labute approximate surface area is 78.2 Å². The Hall–Kier alpha value is -0.830. The highest BCUT2D eigenvalue weighted by Crippen LogP contribution is 2.37. The van der Waals surface area contributed by atoms with Crippen molar-refractivity contribution >= 4 is 0 Å². The number of imidazole rings is 1. The van der Waals surface area contributed by atoms with Crippen LogP contribution in [0.3, 0.4) is 0 Å². The smallest absolute Gasteiger partial charge is 0.0922 e. The fourth-order valence-corrected chi connectivity index (χ4v) is 2.81. The molecule has 1 saturated carbocycles. The van der Waals surface area contributed by atoms with E-state index < -0.39 is 0 Å². The molecule has 70 valence electrons. The standard InChI is InChI=1S/C10H15N3/c1-2-10-3-8(1)5-13(10)6-9-4-11-7-12-9/h4,7-8,10H,1-3,5-6H2,(H,11,12). The highest BCUT2D eigenvalue weighted by Gasteiger charge is 2.37. The molecule has 1 aliphatic carbocycles. The van der Waals surface area contributed by atoms with Gasteiger partial charge in [0.15, 0.2) is 0 Å². The average Bonchev–Trinajstić information content (AvgIpc) is 2.77. The zero-order valence-corrected chi connectivity index (χ0v) is 7.74. The molecule has 2 unspecified atom stereocenters. The fraction of sp³-hybridized carbons (Fsp3) is 0.700. The maximum Gasteiger partial charge on any atom is 0.0922 e. The molecule has 1 aromatic rings. The molecule has 3 rings (SSSR count). The molecule has 0 radical (unpaired) electrons. The molecule has 2 bridgehead atoms. The highest BCUT2D eigenvalue weighted by atomic mass is 15.2. The third-order valence-corrected chi connectivity index (χ3v) is 3.45. The van der Waals surface area contributed by atoms with Crippen LogP contribution in [0.4, 0.5) is 0 Å². The lowest BCUT2D eigenvalue weighted by Crippen LogP contribution is -2.31. The van der Waals surface area contributed by atoms with Gasteiger partial charge in [-0.05, 0) is 25.2 Å². The maximum atomic E-state index is 4.04. The average molecular weight is 177 g/mol. The molecule has 13 heavy (non-hydrogen) atoms. The van der Waals surface area contributed by atoms with Crippen molar-refractivity contribution in [2.75, 3.05) is 6.54 Å². The van der Waals surface area contributed by atoms with Crippen molar-refractivity contribution in [3.8, 4) is 0 Å². The highest BCUT2D eigenvalue weighted by molar-refractivity contribution is 4.99. The number of hydrogen-bond acceptors (Lipinski definition) is 2. The molecule has 2 aliphatic rings. The van der Waals surface area contributed by atoms with Crippen LogP contribution >= 0.6 is 0 Å². The van der Waals surface area contributed by atoms with Crippen LogP contribution in [-0.2, 0) is 6.54 Å². The van der Waals surface area contributed by atoms with Crippen LogP contribution in [0.5, 0.6) is 0 Å². The lowest BCUT2D eigenvalue weighted by atomic mass is 10.1. The summed E-state index contributed by atoms with van der Waals surface area (Å²) in [5.41, 5.74) is 1.26. The van der Waals surface area contributed by atoms with E-state index in [1.165, 1.54) is 31.5 Å². The Morgan fingerprint density at radius 2 is 2.54 bits per heavy atom. The molecule has 1 N–H and O–H groups in total. The minimum atomic E-state index is 0.869. The van der Waals surface area contributed by atoms with Crippen molar-refractivity contribution in [1.82, 2.24) is 14.9 Å². The number of likely N-dealkylation sites (tertiary alicyclic amines) is 1. The minimum Gasteiger partial charge on any atom is -0.347 e. The van der Waals surface area contributed by atoms with E-state index in [9.17, 15) is 0 Å². The lowest BCUT2D eigenvalue weighted by Gasteiger charge is -2.25. The van der Waals surface area contributed by atoms with Gasteiger partial charge in [-0.1, -0.05) is 0 Å². The maximum absolute atomic E-state index is 4.04. The van der Waals surface area contributed by atoms with Gasteiger partial charge in [0.05, 0.1) is 6.33 Å². The van der Waals surface area contributed by atoms with Crippen molar-refractivity contribution in [2.45, 2.75) is 31.8 Å². The second kappa shape index (κ2) is 2.84. The van der Waals surface area contributed by atoms with E-state index >= 15 is 0 Å². The Morgan fingerprint density at radius 3 is 3.15 bits per heavy atom. The molecule has 2 fully saturated rings. The summed E-state index contributed by atoms with van der Waals surface area (Å²) >= 11 is 0. The Bertz CT molecular complexity index is 280. The number of rotatable bonds is 2. The van der Waals surface area contributed by atoms with Gasteiger partial charge in [0.2, 0.25) is 0 Å². The van der Waals surface area contributed by atoms with Gasteiger partial charge in [-0.15, -0.1) is 0 Å². The van der Waals surface area contributed by atoms with Crippen molar-refractivity contribution in [3.63, 3.8) is 0 Å². The molecule has 3 nitrogen and oxygen atoms in total. The number of H-pyrrole nitrogens is 1. The Morgan fingerprint density at radius 1 is 1.54 bits per heavy atom. The SMILES string of the molecule is c1ncc(CN2CC3CCC2C3)[nH]1. The van der Waals surface area contributed by atoms with Crippen molar-refractivity contribution in [1.29, 1.82) is 0 Å². The summed E-state index contributed by atoms with van der Waals surface area (Å²) in [6, 6.07) is 0.869. The number of aromatic nitrogens is 2. The van der Waals surface area contributed by atoms with Crippen LogP contribution < -0.4 is 0 Å². The molecular weight excluding hydrogens is 162 g/mol. The van der Waals surface area contributed by atoms with Gasteiger partial charge in [-0.25, -0.2) is 4.98 Å². The second-order valence-electron chi connectivity index (χ2n) is 4.34. The fourth-order valence-electron chi connectivity index (χ4n) is 2.81. The summed E-state index contributed by atoms with van der Waals surface area (Å²) in [6.45, 7) is 2.38. The third-order valence-electron chi connectivity index (χ3n) is 3.45. The van der Waals surface area contributed by atoms with Gasteiger partial charge < -0.3 is 4.98 Å². The summed E-state index contributed by atoms with van der Waals surface area (Å²) in [5.74, 6) is 0.993. The first-order valence-electron chi connectivity index (χ1n) is 5.13. The van der Waals surface area contributed by atoms with Crippen LogP contribution in [-0.4, -0.2) is 27.5 Å². The van der Waals surface area contributed by atoms with Crippen LogP contribution in [0.15, 0.2) is 12.5 Å². The molecular formula is C10H15N3. The number of aromatic amines is 1. The van der Waals surface area contributed by atoms with Gasteiger partial charge in [-0.3, -0.25) is 4.90 Å². The number of nitrogens with zero attached hydrogens (tertiary/aromatic N) is 2. The quantitative estimate of drug-likeness (QED) is 0.740. The van der Waals surface area contributed by atoms with Gasteiger partial charge in [0.25, 0.3) is 0 Å². The van der Waals surface area contributed by atoms with Gasteiger partial charge >= 0.3 is 0 Å². The summed E-state index contributed by atoms with van der Waals surface area (Å²) in [4.78, 5) is 9.81. The normalized spacial score (nSPS) is 32.9. The van der Waals surface area contributed by atoms with E-state index in [0.717, 1.165) is 18.5 Å². The first-order valence-corrected chi connectivity index (χ1v) is 5.13. The van der Waals surface area contributed by atoms with Crippen LogP contribution in [0.2, 0.25) is 0 Å². The summed E-state index contributed by atoms with van der Waals surface area (Å²) in [7, 11) is 0. The van der Waals surface area contributed by atoms with E-state index in [0.29, 0.717) is 0 Å². The molecule has 1 aromatic heterocycles. The van der Waals surface area contributed by atoms with E-state index in [1.54, 1.807) is 6.33 Å². The summed E-state index contributed by atoms with van der Waals surface area (Å²) in [6.07, 6.45) is 8.02. The molecule has 0 amide bonds. The van der Waals surface area contributed by atoms with Crippen molar-refractivity contribution < 1.29 is 0 Å². The van der Waals surface area contributed by atoms with Crippen molar-refractivity contribution in [3.05, 3.63) is 18.2 Å². The lowest BCUT2D eigenvalue weighted by molar-refractivity contribution is 0.203. The van der Waals surface area contributed by atoms with E-state index in [4.69, 9.17) is 0 Å². The van der Waals surface area contributed by atoms with Gasteiger partial charge in [0.1, 0.15) is 0 Å². The van der Waals surface area contributed by atoms with E-state index in [-0.39, 0.29) is 0 Å². The first-order chi connectivity index (χ1) is 6.42. The first kappa shape index (κ1) is 7.56. The number of fused-ring (bicyclic) bond motifs is 2. The van der Waals surface area contributed by atoms with E-state index in [1.807, 2.05) is 6.20 Å². The number of piperidine rings is 1. The summed E-state index contributed by atoms with van der Waals surface area (Å²) < 4.78 is 0. The monoisotopic (exact) mass is 177 g/mol. The summed E-state index contributed by atoms with van der Waals surface area (Å²) in [5, 5.41) is 0. The zero-order chi connectivity index (χ0) is 8.67. The Balaban J connectivity index is 1.68. The molecule has 1 aliphatic heterocycles. The Kier molecular flexibility index (Phi) is 1.65. The predicted octanol–water partition coefficient (Wildman–Crippen LogP) is 1.39. The molecule has 2 heterocycles. The van der Waals surface area contributed by atoms with Crippen LogP contribution in [0, 0.1) is 5.92 Å². The zero-order valence-electron chi connectivity index (χ0n) is 7.74. The molecule has 3 heteroatoms.